The van der Waals surface area contributed by atoms with Crippen LogP contribution in [-0.4, -0.2) is 35.9 Å². The number of aliphatic hydroxyl groups excluding tert-OH is 1. The lowest BCUT2D eigenvalue weighted by molar-refractivity contribution is -0.117. The Labute approximate surface area is 191 Å². The molecule has 4 rings (SSSR count). The summed E-state index contributed by atoms with van der Waals surface area (Å²) in [5.74, 6) is -1.46. The first-order valence-corrected chi connectivity index (χ1v) is 11.1. The molecule has 0 bridgehead atoms. The summed E-state index contributed by atoms with van der Waals surface area (Å²) in [7, 11) is 3.89. The van der Waals surface area contributed by atoms with Crippen LogP contribution in [0.4, 0.5) is 11.4 Å². The van der Waals surface area contributed by atoms with E-state index in [2.05, 4.69) is 4.98 Å². The van der Waals surface area contributed by atoms with Gasteiger partial charge in [-0.2, -0.15) is 0 Å². The van der Waals surface area contributed by atoms with Crippen LogP contribution < -0.4 is 9.80 Å². The molecule has 0 fully saturated rings. The van der Waals surface area contributed by atoms with Crippen LogP contribution in [0.2, 0.25) is 0 Å². The van der Waals surface area contributed by atoms with Gasteiger partial charge in [0, 0.05) is 25.5 Å². The van der Waals surface area contributed by atoms with E-state index in [0.717, 1.165) is 21.8 Å². The molecule has 1 amide bonds. The topological polar surface area (TPSA) is 73.7 Å². The van der Waals surface area contributed by atoms with Gasteiger partial charge >= 0.3 is 0 Å². The van der Waals surface area contributed by atoms with Gasteiger partial charge in [-0.1, -0.05) is 29.8 Å². The van der Waals surface area contributed by atoms with Gasteiger partial charge < -0.3 is 10.0 Å². The zero-order valence-corrected chi connectivity index (χ0v) is 19.5. The van der Waals surface area contributed by atoms with Crippen molar-refractivity contribution >= 4 is 34.4 Å². The Morgan fingerprint density at radius 2 is 1.66 bits per heavy atom. The third kappa shape index (κ3) is 3.69. The number of amides is 1. The molecule has 1 aliphatic heterocycles. The van der Waals surface area contributed by atoms with E-state index in [1.165, 1.54) is 16.2 Å². The number of carbonyl (C=O) groups is 2. The van der Waals surface area contributed by atoms with E-state index in [-0.39, 0.29) is 11.4 Å². The first kappa shape index (κ1) is 21.8. The monoisotopic (exact) mass is 447 g/mol. The van der Waals surface area contributed by atoms with Gasteiger partial charge in [0.25, 0.3) is 5.91 Å². The SMILES string of the molecule is Cc1ccc(N2C(=O)C(O)=C(C(=O)c3sc(C)nc3C)C2c2ccc(N(C)C)cc2)cc1. The molecule has 6 nitrogen and oxygen atoms in total. The van der Waals surface area contributed by atoms with Crippen molar-refractivity contribution in [2.24, 2.45) is 0 Å². The molecule has 1 aliphatic rings. The minimum absolute atomic E-state index is 0.0833. The number of benzene rings is 2. The molecule has 2 aromatic carbocycles. The molecule has 7 heteroatoms. The van der Waals surface area contributed by atoms with Crippen molar-refractivity contribution in [1.29, 1.82) is 0 Å². The predicted molar refractivity (Wildman–Crippen MR) is 128 cm³/mol. The molecule has 0 saturated carbocycles. The van der Waals surface area contributed by atoms with Crippen LogP contribution in [0.25, 0.3) is 0 Å². The Kier molecular flexibility index (Phi) is 5.60. The zero-order chi connectivity index (χ0) is 23.2. The standard InChI is InChI=1S/C25H25N3O3S/c1-14-6-10-19(11-7-14)28-21(17-8-12-18(13-9-17)27(4)5)20(23(30)25(28)31)22(29)24-15(2)26-16(3)32-24/h6-13,21,30H,1-5H3. The lowest BCUT2D eigenvalue weighted by atomic mass is 9.94. The molecule has 32 heavy (non-hydrogen) atoms. The molecule has 0 radical (unpaired) electrons. The average molecular weight is 448 g/mol. The van der Waals surface area contributed by atoms with Crippen molar-refractivity contribution in [1.82, 2.24) is 4.98 Å². The van der Waals surface area contributed by atoms with Crippen LogP contribution in [0.5, 0.6) is 0 Å². The molecule has 3 aromatic rings. The number of nitrogens with zero attached hydrogens (tertiary/aromatic N) is 3. The number of aromatic nitrogens is 1. The predicted octanol–water partition coefficient (Wildman–Crippen LogP) is 4.92. The van der Waals surface area contributed by atoms with Crippen molar-refractivity contribution in [2.45, 2.75) is 26.8 Å². The summed E-state index contributed by atoms with van der Waals surface area (Å²) < 4.78 is 0. The normalized spacial score (nSPS) is 16.1. The first-order chi connectivity index (χ1) is 15.2. The van der Waals surface area contributed by atoms with E-state index in [0.29, 0.717) is 16.3 Å². The smallest absolute Gasteiger partial charge is 0.294 e. The van der Waals surface area contributed by atoms with E-state index >= 15 is 0 Å². The molecule has 0 saturated heterocycles. The molecule has 1 atom stereocenters. The summed E-state index contributed by atoms with van der Waals surface area (Å²) in [5.41, 5.74) is 4.09. The number of ketones is 1. The van der Waals surface area contributed by atoms with Crippen molar-refractivity contribution in [3.8, 4) is 0 Å². The maximum absolute atomic E-state index is 13.6. The molecule has 1 aromatic heterocycles. The van der Waals surface area contributed by atoms with Gasteiger partial charge in [0.05, 0.1) is 27.2 Å². The maximum atomic E-state index is 13.6. The Hall–Kier alpha value is -3.45. The minimum atomic E-state index is -0.740. The second kappa shape index (κ2) is 8.24. The van der Waals surface area contributed by atoms with Crippen LogP contribution in [0.15, 0.2) is 59.9 Å². The van der Waals surface area contributed by atoms with Crippen LogP contribution in [-0.2, 0) is 4.79 Å². The van der Waals surface area contributed by atoms with Crippen molar-refractivity contribution in [3.05, 3.63) is 86.6 Å². The second-order valence-corrected chi connectivity index (χ2v) is 9.34. The number of hydrogen-bond donors (Lipinski definition) is 1. The average Bonchev–Trinajstić information content (AvgIpc) is 3.24. The molecule has 0 spiro atoms. The molecule has 1 N–H and O–H groups in total. The summed E-state index contributed by atoms with van der Waals surface area (Å²) in [6.07, 6.45) is 0. The Balaban J connectivity index is 1.87. The number of thiazole rings is 1. The van der Waals surface area contributed by atoms with Gasteiger partial charge in [-0.25, -0.2) is 4.98 Å². The highest BCUT2D eigenvalue weighted by molar-refractivity contribution is 7.14. The first-order valence-electron chi connectivity index (χ1n) is 10.3. The molecule has 0 aliphatic carbocycles. The van der Waals surface area contributed by atoms with E-state index in [4.69, 9.17) is 0 Å². The van der Waals surface area contributed by atoms with E-state index in [9.17, 15) is 14.7 Å². The second-order valence-electron chi connectivity index (χ2n) is 8.14. The molecular formula is C25H25N3O3S. The number of Topliss-reactive ketones (excluding diaryl/α,β-unsaturated/α-hetero) is 1. The van der Waals surface area contributed by atoms with Gasteiger partial charge in [-0.05, 0) is 50.6 Å². The van der Waals surface area contributed by atoms with Crippen LogP contribution in [0.1, 0.15) is 37.5 Å². The van der Waals surface area contributed by atoms with E-state index < -0.39 is 17.7 Å². The van der Waals surface area contributed by atoms with Gasteiger partial charge in [-0.3, -0.25) is 14.5 Å². The zero-order valence-electron chi connectivity index (χ0n) is 18.7. The Morgan fingerprint density at radius 3 is 2.19 bits per heavy atom. The lowest BCUT2D eigenvalue weighted by Crippen LogP contribution is -2.31. The largest absolute Gasteiger partial charge is 0.503 e. The van der Waals surface area contributed by atoms with Gasteiger partial charge in [0.1, 0.15) is 0 Å². The fourth-order valence-corrected chi connectivity index (χ4v) is 4.82. The number of rotatable bonds is 5. The van der Waals surface area contributed by atoms with Gasteiger partial charge in [0.15, 0.2) is 5.76 Å². The fraction of sp³-hybridized carbons (Fsp3) is 0.240. The number of aliphatic hydroxyl groups is 1. The van der Waals surface area contributed by atoms with Crippen molar-refractivity contribution in [3.63, 3.8) is 0 Å². The number of hydrogen-bond acceptors (Lipinski definition) is 6. The lowest BCUT2D eigenvalue weighted by Gasteiger charge is -2.27. The third-order valence-electron chi connectivity index (χ3n) is 5.60. The molecule has 1 unspecified atom stereocenters. The van der Waals surface area contributed by atoms with Crippen molar-refractivity contribution < 1.29 is 14.7 Å². The quantitative estimate of drug-likeness (QED) is 0.562. The highest BCUT2D eigenvalue weighted by atomic mass is 32.1. The summed E-state index contributed by atoms with van der Waals surface area (Å²) in [4.78, 5) is 35.1. The molecule has 2 heterocycles. The summed E-state index contributed by atoms with van der Waals surface area (Å²) in [6, 6.07) is 14.4. The molecule has 164 valence electrons. The Bertz CT molecular complexity index is 1220. The highest BCUT2D eigenvalue weighted by Crippen LogP contribution is 2.43. The van der Waals surface area contributed by atoms with Crippen LogP contribution in [0.3, 0.4) is 0 Å². The van der Waals surface area contributed by atoms with E-state index in [1.807, 2.05) is 81.4 Å². The van der Waals surface area contributed by atoms with Gasteiger partial charge in [-0.15, -0.1) is 11.3 Å². The van der Waals surface area contributed by atoms with Crippen LogP contribution >= 0.6 is 11.3 Å². The highest BCUT2D eigenvalue weighted by Gasteiger charge is 2.45. The maximum Gasteiger partial charge on any atom is 0.294 e. The van der Waals surface area contributed by atoms with Crippen LogP contribution in [0, 0.1) is 20.8 Å². The summed E-state index contributed by atoms with van der Waals surface area (Å²) >= 11 is 1.27. The molecular weight excluding hydrogens is 422 g/mol. The third-order valence-corrected chi connectivity index (χ3v) is 6.67. The van der Waals surface area contributed by atoms with Crippen molar-refractivity contribution in [2.75, 3.05) is 23.9 Å². The summed E-state index contributed by atoms with van der Waals surface area (Å²) in [5, 5.41) is 11.7. The Morgan fingerprint density at radius 1 is 1.03 bits per heavy atom. The van der Waals surface area contributed by atoms with E-state index in [1.54, 1.807) is 6.92 Å². The number of carbonyl (C=O) groups excluding carboxylic acids is 2. The minimum Gasteiger partial charge on any atom is -0.503 e. The number of anilines is 2. The van der Waals surface area contributed by atoms with Gasteiger partial charge in [0.2, 0.25) is 5.78 Å². The number of aryl methyl sites for hydroxylation is 3. The fourth-order valence-electron chi connectivity index (χ4n) is 3.94. The summed E-state index contributed by atoms with van der Waals surface area (Å²) in [6.45, 7) is 5.56.